The molecule has 0 bridgehead atoms. The van der Waals surface area contributed by atoms with Crippen LogP contribution in [0.15, 0.2) is 91.0 Å². The number of Topliss-reactive ketones (excluding diaryl/α,β-unsaturated/α-hetero) is 1. The smallest absolute Gasteiger partial charge is 0.189 e. The highest BCUT2D eigenvalue weighted by molar-refractivity contribution is 5.85. The standard InChI is InChI=1S/C27H28O6/c28-16-25(32-18-22-12-6-2-7-13-22)26(30)27(33-19-23-14-8-3-9-15-23)24(29)20-31-17-21-10-4-1-5-11-21/h1-16,25-27,30H,17-20H2/t25-,26-,27-/m0/s1. The van der Waals surface area contributed by atoms with Crippen molar-refractivity contribution < 1.29 is 28.9 Å². The predicted molar refractivity (Wildman–Crippen MR) is 123 cm³/mol. The highest BCUT2D eigenvalue weighted by Gasteiger charge is 2.34. The van der Waals surface area contributed by atoms with Gasteiger partial charge in [0.15, 0.2) is 12.1 Å². The van der Waals surface area contributed by atoms with E-state index in [1.54, 1.807) is 0 Å². The molecule has 1 N–H and O–H groups in total. The average molecular weight is 449 g/mol. The van der Waals surface area contributed by atoms with E-state index in [0.29, 0.717) is 6.29 Å². The number of ether oxygens (including phenoxy) is 3. The Hall–Kier alpha value is -3.16. The fourth-order valence-electron chi connectivity index (χ4n) is 3.23. The number of ketones is 1. The molecule has 0 aliphatic carbocycles. The van der Waals surface area contributed by atoms with Crippen molar-refractivity contribution >= 4 is 12.1 Å². The lowest BCUT2D eigenvalue weighted by Gasteiger charge is -2.26. The summed E-state index contributed by atoms with van der Waals surface area (Å²) in [4.78, 5) is 24.6. The maximum absolute atomic E-state index is 12.9. The van der Waals surface area contributed by atoms with Crippen LogP contribution in [0, 0.1) is 0 Å². The van der Waals surface area contributed by atoms with E-state index in [2.05, 4.69) is 0 Å². The van der Waals surface area contributed by atoms with Crippen LogP contribution in [0.4, 0.5) is 0 Å². The minimum Gasteiger partial charge on any atom is -0.387 e. The molecular formula is C27H28O6. The molecule has 0 amide bonds. The van der Waals surface area contributed by atoms with Gasteiger partial charge in [0.1, 0.15) is 24.9 Å². The molecular weight excluding hydrogens is 420 g/mol. The molecule has 0 saturated heterocycles. The van der Waals surface area contributed by atoms with Crippen LogP contribution in [0.25, 0.3) is 0 Å². The first-order valence-electron chi connectivity index (χ1n) is 10.8. The van der Waals surface area contributed by atoms with Crippen molar-refractivity contribution in [2.75, 3.05) is 6.61 Å². The second-order valence-electron chi connectivity index (χ2n) is 7.55. The van der Waals surface area contributed by atoms with Crippen LogP contribution in [0.1, 0.15) is 16.7 Å². The van der Waals surface area contributed by atoms with Crippen LogP contribution in [0.3, 0.4) is 0 Å². The van der Waals surface area contributed by atoms with Crippen molar-refractivity contribution in [3.05, 3.63) is 108 Å². The lowest BCUT2D eigenvalue weighted by Crippen LogP contribution is -2.47. The number of aldehydes is 1. The Balaban J connectivity index is 1.64. The Morgan fingerprint density at radius 3 is 1.67 bits per heavy atom. The third-order valence-electron chi connectivity index (χ3n) is 5.01. The van der Waals surface area contributed by atoms with Crippen molar-refractivity contribution in [1.29, 1.82) is 0 Å². The van der Waals surface area contributed by atoms with Gasteiger partial charge in [-0.15, -0.1) is 0 Å². The van der Waals surface area contributed by atoms with E-state index in [4.69, 9.17) is 14.2 Å². The van der Waals surface area contributed by atoms with E-state index in [1.807, 2.05) is 91.0 Å². The Bertz CT molecular complexity index is 962. The van der Waals surface area contributed by atoms with Gasteiger partial charge in [0.05, 0.1) is 19.8 Å². The third kappa shape index (κ3) is 8.04. The van der Waals surface area contributed by atoms with E-state index in [-0.39, 0.29) is 26.4 Å². The maximum atomic E-state index is 12.9. The van der Waals surface area contributed by atoms with Crippen molar-refractivity contribution in [3.8, 4) is 0 Å². The summed E-state index contributed by atoms with van der Waals surface area (Å²) in [5, 5.41) is 10.9. The number of aliphatic hydroxyl groups is 1. The zero-order chi connectivity index (χ0) is 23.3. The minimum atomic E-state index is -1.48. The number of hydrogen-bond donors (Lipinski definition) is 1. The normalized spacial score (nSPS) is 13.7. The molecule has 3 atom stereocenters. The van der Waals surface area contributed by atoms with Gasteiger partial charge in [-0.1, -0.05) is 91.0 Å². The third-order valence-corrected chi connectivity index (χ3v) is 5.01. The molecule has 3 aromatic carbocycles. The summed E-state index contributed by atoms with van der Waals surface area (Å²) in [6, 6.07) is 28.0. The van der Waals surface area contributed by atoms with Crippen LogP contribution in [-0.2, 0) is 43.6 Å². The highest BCUT2D eigenvalue weighted by Crippen LogP contribution is 2.14. The molecule has 0 aliphatic heterocycles. The van der Waals surface area contributed by atoms with Gasteiger partial charge in [0, 0.05) is 0 Å². The summed E-state index contributed by atoms with van der Waals surface area (Å²) < 4.78 is 16.9. The summed E-state index contributed by atoms with van der Waals surface area (Å²) in [5.74, 6) is -0.468. The molecule has 0 radical (unpaired) electrons. The monoisotopic (exact) mass is 448 g/mol. The highest BCUT2D eigenvalue weighted by atomic mass is 16.5. The molecule has 6 nitrogen and oxygen atoms in total. The number of carbonyl (C=O) groups excluding carboxylic acids is 2. The SMILES string of the molecule is O=C[C@H](OCc1ccccc1)[C@H](O)[C@@H](OCc1ccccc1)C(=O)COCc1ccccc1. The summed E-state index contributed by atoms with van der Waals surface area (Å²) in [7, 11) is 0. The van der Waals surface area contributed by atoms with Crippen LogP contribution < -0.4 is 0 Å². The zero-order valence-electron chi connectivity index (χ0n) is 18.3. The Kier molecular flexibility index (Phi) is 9.94. The van der Waals surface area contributed by atoms with Gasteiger partial charge in [-0.05, 0) is 16.7 Å². The van der Waals surface area contributed by atoms with Crippen LogP contribution in [-0.4, -0.2) is 42.1 Å². The summed E-state index contributed by atoms with van der Waals surface area (Å²) in [5.41, 5.74) is 2.60. The molecule has 0 spiro atoms. The maximum Gasteiger partial charge on any atom is 0.189 e. The quantitative estimate of drug-likeness (QED) is 0.380. The molecule has 6 heteroatoms. The Morgan fingerprint density at radius 1 is 0.727 bits per heavy atom. The second kappa shape index (κ2) is 13.4. The van der Waals surface area contributed by atoms with E-state index >= 15 is 0 Å². The van der Waals surface area contributed by atoms with Gasteiger partial charge in [-0.2, -0.15) is 0 Å². The molecule has 3 aromatic rings. The van der Waals surface area contributed by atoms with Crippen molar-refractivity contribution in [1.82, 2.24) is 0 Å². The first-order chi connectivity index (χ1) is 16.2. The predicted octanol–water partition coefficient (Wildman–Crippen LogP) is 3.50. The molecule has 172 valence electrons. The van der Waals surface area contributed by atoms with E-state index in [1.165, 1.54) is 0 Å². The average Bonchev–Trinajstić information content (AvgIpc) is 2.86. The lowest BCUT2D eigenvalue weighted by atomic mass is 10.0. The summed E-state index contributed by atoms with van der Waals surface area (Å²) in [6.45, 7) is 0.189. The van der Waals surface area contributed by atoms with Crippen LogP contribution in [0.2, 0.25) is 0 Å². The fourth-order valence-corrected chi connectivity index (χ4v) is 3.23. The second-order valence-corrected chi connectivity index (χ2v) is 7.55. The van der Waals surface area contributed by atoms with Gasteiger partial charge in [-0.25, -0.2) is 0 Å². The van der Waals surface area contributed by atoms with Gasteiger partial charge >= 0.3 is 0 Å². The number of benzene rings is 3. The van der Waals surface area contributed by atoms with E-state index < -0.39 is 24.1 Å². The molecule has 0 fully saturated rings. The molecule has 0 saturated carbocycles. The molecule has 0 aliphatic rings. The van der Waals surface area contributed by atoms with Gasteiger partial charge in [-0.3, -0.25) is 4.79 Å². The molecule has 0 aromatic heterocycles. The van der Waals surface area contributed by atoms with Gasteiger partial charge in [0.2, 0.25) is 0 Å². The van der Waals surface area contributed by atoms with E-state index in [0.717, 1.165) is 16.7 Å². The van der Waals surface area contributed by atoms with E-state index in [9.17, 15) is 14.7 Å². The number of aliphatic hydroxyl groups excluding tert-OH is 1. The first kappa shape index (κ1) is 24.5. The van der Waals surface area contributed by atoms with Crippen molar-refractivity contribution in [2.45, 2.75) is 38.1 Å². The summed E-state index contributed by atoms with van der Waals surface area (Å²) in [6.07, 6.45) is -3.51. The van der Waals surface area contributed by atoms with Gasteiger partial charge < -0.3 is 24.1 Å². The number of rotatable bonds is 14. The lowest BCUT2D eigenvalue weighted by molar-refractivity contribution is -0.159. The first-order valence-corrected chi connectivity index (χ1v) is 10.8. The van der Waals surface area contributed by atoms with Crippen LogP contribution >= 0.6 is 0 Å². The Morgan fingerprint density at radius 2 is 1.18 bits per heavy atom. The van der Waals surface area contributed by atoms with Gasteiger partial charge in [0.25, 0.3) is 0 Å². The molecule has 33 heavy (non-hydrogen) atoms. The van der Waals surface area contributed by atoms with Crippen LogP contribution in [0.5, 0.6) is 0 Å². The topological polar surface area (TPSA) is 82.1 Å². The number of hydrogen-bond acceptors (Lipinski definition) is 6. The van der Waals surface area contributed by atoms with Crippen molar-refractivity contribution in [2.24, 2.45) is 0 Å². The fraction of sp³-hybridized carbons (Fsp3) is 0.259. The Labute approximate surface area is 193 Å². The molecule has 0 unspecified atom stereocenters. The number of carbonyl (C=O) groups is 2. The molecule has 3 rings (SSSR count). The zero-order valence-corrected chi connectivity index (χ0v) is 18.3. The largest absolute Gasteiger partial charge is 0.387 e. The molecule has 0 heterocycles. The summed E-state index contributed by atoms with van der Waals surface area (Å²) >= 11 is 0. The minimum absolute atomic E-state index is 0.0945. The van der Waals surface area contributed by atoms with Crippen molar-refractivity contribution in [3.63, 3.8) is 0 Å².